The predicted molar refractivity (Wildman–Crippen MR) is 93.1 cm³/mol. The summed E-state index contributed by atoms with van der Waals surface area (Å²) in [5.74, 6) is -0.0863. The minimum Gasteiger partial charge on any atom is -0.462 e. The van der Waals surface area contributed by atoms with Crippen LogP contribution in [-0.2, 0) is 16.0 Å². The van der Waals surface area contributed by atoms with E-state index in [2.05, 4.69) is 19.2 Å². The van der Waals surface area contributed by atoms with Gasteiger partial charge in [0.15, 0.2) is 0 Å². The van der Waals surface area contributed by atoms with Gasteiger partial charge in [-0.2, -0.15) is 0 Å². The first-order valence-electron chi connectivity index (χ1n) is 7.64. The number of benzene rings is 1. The van der Waals surface area contributed by atoms with Crippen LogP contribution in [0.15, 0.2) is 35.7 Å². The van der Waals surface area contributed by atoms with Crippen LogP contribution >= 0.6 is 11.3 Å². The molecule has 0 radical (unpaired) electrons. The highest BCUT2D eigenvalue weighted by Gasteiger charge is 2.16. The predicted octanol–water partition coefficient (Wildman–Crippen LogP) is 4.23. The second-order valence-electron chi connectivity index (χ2n) is 5.51. The molecule has 4 nitrogen and oxygen atoms in total. The van der Waals surface area contributed by atoms with E-state index in [0.717, 1.165) is 5.56 Å². The first-order valence-corrected chi connectivity index (χ1v) is 8.52. The Labute approximate surface area is 140 Å². The van der Waals surface area contributed by atoms with Gasteiger partial charge in [-0.05, 0) is 35.4 Å². The molecule has 2 rings (SSSR count). The van der Waals surface area contributed by atoms with Gasteiger partial charge < -0.3 is 10.1 Å². The Kier molecular flexibility index (Phi) is 5.93. The van der Waals surface area contributed by atoms with Crippen molar-refractivity contribution >= 4 is 28.2 Å². The molecule has 0 atom stereocenters. The third-order valence-electron chi connectivity index (χ3n) is 3.42. The summed E-state index contributed by atoms with van der Waals surface area (Å²) < 4.78 is 4.98. The molecule has 5 heteroatoms. The van der Waals surface area contributed by atoms with Gasteiger partial charge in [0.1, 0.15) is 5.00 Å². The number of hydrogen-bond donors (Lipinski definition) is 1. The van der Waals surface area contributed by atoms with Crippen LogP contribution in [0.2, 0.25) is 0 Å². The normalized spacial score (nSPS) is 10.6. The number of carbonyl (C=O) groups is 2. The molecule has 0 aliphatic heterocycles. The zero-order valence-electron chi connectivity index (χ0n) is 13.6. The van der Waals surface area contributed by atoms with E-state index in [1.807, 2.05) is 24.3 Å². The maximum atomic E-state index is 12.2. The van der Waals surface area contributed by atoms with Crippen molar-refractivity contribution in [2.45, 2.75) is 33.1 Å². The number of nitrogens with one attached hydrogen (secondary N) is 1. The molecule has 0 spiro atoms. The topological polar surface area (TPSA) is 55.4 Å². The Morgan fingerprint density at radius 3 is 2.48 bits per heavy atom. The van der Waals surface area contributed by atoms with Crippen molar-refractivity contribution in [1.82, 2.24) is 0 Å². The summed E-state index contributed by atoms with van der Waals surface area (Å²) in [5.41, 5.74) is 2.60. The van der Waals surface area contributed by atoms with Crippen molar-refractivity contribution in [3.05, 3.63) is 52.4 Å². The number of carbonyl (C=O) groups excluding carboxylic acids is 2. The van der Waals surface area contributed by atoms with E-state index in [9.17, 15) is 9.59 Å². The summed E-state index contributed by atoms with van der Waals surface area (Å²) in [4.78, 5) is 24.0. The third-order valence-corrected chi connectivity index (χ3v) is 4.25. The highest BCUT2D eigenvalue weighted by molar-refractivity contribution is 7.14. The summed E-state index contributed by atoms with van der Waals surface area (Å²) >= 11 is 1.32. The van der Waals surface area contributed by atoms with Crippen molar-refractivity contribution in [2.24, 2.45) is 0 Å². The fourth-order valence-corrected chi connectivity index (χ4v) is 2.94. The van der Waals surface area contributed by atoms with E-state index in [0.29, 0.717) is 23.1 Å². The second kappa shape index (κ2) is 7.92. The monoisotopic (exact) mass is 331 g/mol. The van der Waals surface area contributed by atoms with E-state index in [4.69, 9.17) is 4.74 Å². The Bertz CT molecular complexity index is 674. The van der Waals surface area contributed by atoms with E-state index in [1.165, 1.54) is 16.9 Å². The largest absolute Gasteiger partial charge is 0.462 e. The van der Waals surface area contributed by atoms with Crippen LogP contribution < -0.4 is 5.32 Å². The number of rotatable bonds is 6. The quantitative estimate of drug-likeness (QED) is 0.806. The standard InChI is InChI=1S/C18H21NO3S/c1-4-22-18(21)15-9-10-23-17(15)19-16(20)11-13-5-7-14(8-6-13)12(2)3/h5-10,12H,4,11H2,1-3H3,(H,19,20). The molecule has 0 aliphatic carbocycles. The Hall–Kier alpha value is -2.14. The van der Waals surface area contributed by atoms with E-state index >= 15 is 0 Å². The summed E-state index contributed by atoms with van der Waals surface area (Å²) in [6.45, 7) is 6.33. The third kappa shape index (κ3) is 4.66. The number of thiophene rings is 1. The number of ether oxygens (including phenoxy) is 1. The molecule has 1 amide bonds. The lowest BCUT2D eigenvalue weighted by molar-refractivity contribution is -0.115. The average Bonchev–Trinajstić information content (AvgIpc) is 2.96. The second-order valence-corrected chi connectivity index (χ2v) is 6.42. The average molecular weight is 331 g/mol. The van der Waals surface area contributed by atoms with Gasteiger partial charge in [0.2, 0.25) is 5.91 Å². The summed E-state index contributed by atoms with van der Waals surface area (Å²) in [5, 5.41) is 5.09. The van der Waals surface area contributed by atoms with Crippen LogP contribution in [0, 0.1) is 0 Å². The van der Waals surface area contributed by atoms with E-state index in [1.54, 1.807) is 18.4 Å². The molecule has 1 aromatic carbocycles. The van der Waals surface area contributed by atoms with Crippen LogP contribution in [-0.4, -0.2) is 18.5 Å². The van der Waals surface area contributed by atoms with Gasteiger partial charge in [-0.15, -0.1) is 11.3 Å². The van der Waals surface area contributed by atoms with Gasteiger partial charge in [-0.25, -0.2) is 4.79 Å². The smallest absolute Gasteiger partial charge is 0.341 e. The molecule has 0 unspecified atom stereocenters. The van der Waals surface area contributed by atoms with Crippen molar-refractivity contribution in [3.8, 4) is 0 Å². The van der Waals surface area contributed by atoms with Crippen molar-refractivity contribution in [1.29, 1.82) is 0 Å². The Balaban J connectivity index is 2.00. The number of anilines is 1. The molecular weight excluding hydrogens is 310 g/mol. The lowest BCUT2D eigenvalue weighted by Crippen LogP contribution is -2.16. The first kappa shape index (κ1) is 17.2. The molecule has 0 fully saturated rings. The minimum atomic E-state index is -0.412. The maximum Gasteiger partial charge on any atom is 0.341 e. The maximum absolute atomic E-state index is 12.2. The molecule has 122 valence electrons. The van der Waals surface area contributed by atoms with E-state index in [-0.39, 0.29) is 12.3 Å². The SMILES string of the molecule is CCOC(=O)c1ccsc1NC(=O)Cc1ccc(C(C)C)cc1. The van der Waals surface area contributed by atoms with Gasteiger partial charge in [0, 0.05) is 0 Å². The molecule has 1 aromatic heterocycles. The fraction of sp³-hybridized carbons (Fsp3) is 0.333. The van der Waals surface area contributed by atoms with Gasteiger partial charge >= 0.3 is 5.97 Å². The number of hydrogen-bond acceptors (Lipinski definition) is 4. The van der Waals surface area contributed by atoms with Gasteiger partial charge in [-0.1, -0.05) is 38.1 Å². The lowest BCUT2D eigenvalue weighted by atomic mass is 10.0. The van der Waals surface area contributed by atoms with Crippen LogP contribution in [0.3, 0.4) is 0 Å². The highest BCUT2D eigenvalue weighted by atomic mass is 32.1. The Morgan fingerprint density at radius 2 is 1.87 bits per heavy atom. The highest BCUT2D eigenvalue weighted by Crippen LogP contribution is 2.24. The van der Waals surface area contributed by atoms with Crippen LogP contribution in [0.4, 0.5) is 5.00 Å². The zero-order valence-corrected chi connectivity index (χ0v) is 14.4. The summed E-state index contributed by atoms with van der Waals surface area (Å²) in [7, 11) is 0. The molecule has 2 aromatic rings. The molecule has 0 bridgehead atoms. The first-order chi connectivity index (χ1) is 11.0. The molecular formula is C18H21NO3S. The van der Waals surface area contributed by atoms with Crippen LogP contribution in [0.5, 0.6) is 0 Å². The number of amides is 1. The van der Waals surface area contributed by atoms with Crippen LogP contribution in [0.1, 0.15) is 48.2 Å². The minimum absolute atomic E-state index is 0.143. The van der Waals surface area contributed by atoms with Crippen molar-refractivity contribution in [2.75, 3.05) is 11.9 Å². The Morgan fingerprint density at radius 1 is 1.17 bits per heavy atom. The molecule has 1 N–H and O–H groups in total. The zero-order chi connectivity index (χ0) is 16.8. The summed E-state index contributed by atoms with van der Waals surface area (Å²) in [6, 6.07) is 9.69. The molecule has 0 saturated heterocycles. The molecule has 23 heavy (non-hydrogen) atoms. The fourth-order valence-electron chi connectivity index (χ4n) is 2.15. The van der Waals surface area contributed by atoms with Crippen molar-refractivity contribution in [3.63, 3.8) is 0 Å². The van der Waals surface area contributed by atoms with Gasteiger partial charge in [0.05, 0.1) is 18.6 Å². The molecule has 1 heterocycles. The molecule has 0 saturated carbocycles. The summed E-state index contributed by atoms with van der Waals surface area (Å²) in [6.07, 6.45) is 0.276. The van der Waals surface area contributed by atoms with E-state index < -0.39 is 5.97 Å². The number of esters is 1. The van der Waals surface area contributed by atoms with Crippen LogP contribution in [0.25, 0.3) is 0 Å². The molecule has 0 aliphatic rings. The van der Waals surface area contributed by atoms with Gasteiger partial charge in [-0.3, -0.25) is 4.79 Å². The van der Waals surface area contributed by atoms with Gasteiger partial charge in [0.25, 0.3) is 0 Å². The van der Waals surface area contributed by atoms with Crippen molar-refractivity contribution < 1.29 is 14.3 Å². The lowest BCUT2D eigenvalue weighted by Gasteiger charge is -2.08.